The van der Waals surface area contributed by atoms with Crippen LogP contribution in [-0.2, 0) is 0 Å². The fraction of sp³-hybridized carbons (Fsp3) is 1.00. The van der Waals surface area contributed by atoms with Gasteiger partial charge in [0.1, 0.15) is 0 Å². The molecule has 0 aromatic carbocycles. The molecule has 1 rings (SSSR count). The summed E-state index contributed by atoms with van der Waals surface area (Å²) < 4.78 is 0. The fourth-order valence-corrected chi connectivity index (χ4v) is 2.26. The largest absolute Gasteiger partial charge is 0.311 e. The molecule has 13 heavy (non-hydrogen) atoms. The molecule has 0 radical (unpaired) electrons. The molecule has 2 heteroatoms. The van der Waals surface area contributed by atoms with E-state index in [0.29, 0.717) is 0 Å². The lowest BCUT2D eigenvalue weighted by molar-refractivity contribution is 0.135. The standard InChI is InChI=1S/C11H24N2/c1-4-10-9-13(8-7-12-10)11(5-2)6-3/h10-12H,4-9H2,1-3H3. The molecule has 1 saturated heterocycles. The van der Waals surface area contributed by atoms with Crippen LogP contribution in [0, 0.1) is 0 Å². The van der Waals surface area contributed by atoms with Gasteiger partial charge in [-0.1, -0.05) is 20.8 Å². The van der Waals surface area contributed by atoms with Crippen LogP contribution in [0.5, 0.6) is 0 Å². The summed E-state index contributed by atoms with van der Waals surface area (Å²) in [6, 6.07) is 1.55. The van der Waals surface area contributed by atoms with Crippen molar-refractivity contribution < 1.29 is 0 Å². The van der Waals surface area contributed by atoms with Crippen LogP contribution in [-0.4, -0.2) is 36.6 Å². The lowest BCUT2D eigenvalue weighted by Gasteiger charge is -2.38. The minimum absolute atomic E-state index is 0.731. The topological polar surface area (TPSA) is 15.3 Å². The van der Waals surface area contributed by atoms with E-state index < -0.39 is 0 Å². The highest BCUT2D eigenvalue weighted by Gasteiger charge is 2.22. The second-order valence-electron chi connectivity index (χ2n) is 4.02. The average molecular weight is 184 g/mol. The Balaban J connectivity index is 2.40. The van der Waals surface area contributed by atoms with Gasteiger partial charge in [-0.2, -0.15) is 0 Å². The molecule has 1 N–H and O–H groups in total. The Kier molecular flexibility index (Phi) is 4.74. The fourth-order valence-electron chi connectivity index (χ4n) is 2.26. The van der Waals surface area contributed by atoms with Gasteiger partial charge in [-0.3, -0.25) is 4.90 Å². The summed E-state index contributed by atoms with van der Waals surface area (Å²) in [4.78, 5) is 2.66. The lowest BCUT2D eigenvalue weighted by atomic mass is 10.1. The number of nitrogens with one attached hydrogen (secondary N) is 1. The van der Waals surface area contributed by atoms with Crippen LogP contribution in [0.25, 0.3) is 0 Å². The molecule has 1 aliphatic rings. The zero-order valence-corrected chi connectivity index (χ0v) is 9.34. The smallest absolute Gasteiger partial charge is 0.0193 e. The van der Waals surface area contributed by atoms with E-state index in [0.717, 1.165) is 12.1 Å². The van der Waals surface area contributed by atoms with E-state index in [9.17, 15) is 0 Å². The van der Waals surface area contributed by atoms with Gasteiger partial charge in [-0.25, -0.2) is 0 Å². The van der Waals surface area contributed by atoms with Crippen molar-refractivity contribution in [3.8, 4) is 0 Å². The monoisotopic (exact) mass is 184 g/mol. The summed E-state index contributed by atoms with van der Waals surface area (Å²) in [5, 5.41) is 3.56. The van der Waals surface area contributed by atoms with Crippen LogP contribution in [0.3, 0.4) is 0 Å². The molecule has 0 aliphatic carbocycles. The van der Waals surface area contributed by atoms with Gasteiger partial charge in [0.2, 0.25) is 0 Å². The first kappa shape index (κ1) is 11.0. The second kappa shape index (κ2) is 5.61. The molecule has 1 aliphatic heterocycles. The highest BCUT2D eigenvalue weighted by atomic mass is 15.2. The first-order valence-electron chi connectivity index (χ1n) is 5.79. The van der Waals surface area contributed by atoms with Crippen molar-refractivity contribution in [2.75, 3.05) is 19.6 Å². The van der Waals surface area contributed by atoms with Crippen molar-refractivity contribution in [2.45, 2.75) is 52.1 Å². The van der Waals surface area contributed by atoms with Crippen LogP contribution in [0.4, 0.5) is 0 Å². The summed E-state index contributed by atoms with van der Waals surface area (Å²) >= 11 is 0. The average Bonchev–Trinajstić information content (AvgIpc) is 2.20. The predicted octanol–water partition coefficient (Wildman–Crippen LogP) is 1.86. The molecule has 1 fully saturated rings. The van der Waals surface area contributed by atoms with E-state index in [4.69, 9.17) is 0 Å². The van der Waals surface area contributed by atoms with Crippen LogP contribution < -0.4 is 5.32 Å². The molecule has 2 nitrogen and oxygen atoms in total. The van der Waals surface area contributed by atoms with Gasteiger partial charge < -0.3 is 5.32 Å². The van der Waals surface area contributed by atoms with Gasteiger partial charge in [0, 0.05) is 31.7 Å². The van der Waals surface area contributed by atoms with E-state index >= 15 is 0 Å². The molecule has 0 aromatic heterocycles. The molecule has 1 unspecified atom stereocenters. The highest BCUT2D eigenvalue weighted by molar-refractivity contribution is 4.81. The van der Waals surface area contributed by atoms with Gasteiger partial charge in [0.05, 0.1) is 0 Å². The number of nitrogens with zero attached hydrogens (tertiary/aromatic N) is 1. The molecule has 0 saturated carbocycles. The number of rotatable bonds is 4. The van der Waals surface area contributed by atoms with E-state index in [1.54, 1.807) is 0 Å². The minimum atomic E-state index is 0.731. The van der Waals surface area contributed by atoms with Crippen LogP contribution in [0.15, 0.2) is 0 Å². The van der Waals surface area contributed by atoms with Crippen molar-refractivity contribution in [1.82, 2.24) is 10.2 Å². The maximum atomic E-state index is 3.56. The van der Waals surface area contributed by atoms with Gasteiger partial charge in [0.15, 0.2) is 0 Å². The van der Waals surface area contributed by atoms with Gasteiger partial charge in [-0.15, -0.1) is 0 Å². The molecular weight excluding hydrogens is 160 g/mol. The maximum Gasteiger partial charge on any atom is 0.0193 e. The Morgan fingerprint density at radius 3 is 2.54 bits per heavy atom. The molecule has 0 aromatic rings. The van der Waals surface area contributed by atoms with Gasteiger partial charge in [0.25, 0.3) is 0 Å². The van der Waals surface area contributed by atoms with Gasteiger partial charge >= 0.3 is 0 Å². The van der Waals surface area contributed by atoms with Crippen molar-refractivity contribution in [2.24, 2.45) is 0 Å². The third-order valence-electron chi connectivity index (χ3n) is 3.24. The number of piperazine rings is 1. The Labute approximate surface area is 82.7 Å². The van der Waals surface area contributed by atoms with E-state index in [-0.39, 0.29) is 0 Å². The summed E-state index contributed by atoms with van der Waals surface area (Å²) in [7, 11) is 0. The first-order chi connectivity index (χ1) is 6.31. The highest BCUT2D eigenvalue weighted by Crippen LogP contribution is 2.12. The quantitative estimate of drug-likeness (QED) is 0.717. The number of hydrogen-bond acceptors (Lipinski definition) is 2. The second-order valence-corrected chi connectivity index (χ2v) is 4.02. The normalized spacial score (nSPS) is 25.4. The number of hydrogen-bond donors (Lipinski definition) is 1. The van der Waals surface area contributed by atoms with Crippen LogP contribution >= 0.6 is 0 Å². The molecule has 0 spiro atoms. The van der Waals surface area contributed by atoms with Crippen molar-refractivity contribution in [1.29, 1.82) is 0 Å². The summed E-state index contributed by atoms with van der Waals surface area (Å²) in [5.41, 5.74) is 0. The van der Waals surface area contributed by atoms with Crippen molar-refractivity contribution >= 4 is 0 Å². The zero-order valence-electron chi connectivity index (χ0n) is 9.34. The van der Waals surface area contributed by atoms with Crippen molar-refractivity contribution in [3.05, 3.63) is 0 Å². The third-order valence-corrected chi connectivity index (χ3v) is 3.24. The first-order valence-corrected chi connectivity index (χ1v) is 5.79. The van der Waals surface area contributed by atoms with Gasteiger partial charge in [-0.05, 0) is 19.3 Å². The Morgan fingerprint density at radius 1 is 1.31 bits per heavy atom. The van der Waals surface area contributed by atoms with E-state index in [2.05, 4.69) is 31.0 Å². The Bertz CT molecular complexity index is 132. The summed E-state index contributed by atoms with van der Waals surface area (Å²) in [6.45, 7) is 10.5. The van der Waals surface area contributed by atoms with E-state index in [1.807, 2.05) is 0 Å². The molecule has 1 heterocycles. The Hall–Kier alpha value is -0.0800. The van der Waals surface area contributed by atoms with Crippen LogP contribution in [0.1, 0.15) is 40.0 Å². The summed E-state index contributed by atoms with van der Waals surface area (Å²) in [6.07, 6.45) is 3.86. The molecule has 0 amide bonds. The molecule has 0 bridgehead atoms. The molecular formula is C11H24N2. The lowest BCUT2D eigenvalue weighted by Crippen LogP contribution is -2.53. The minimum Gasteiger partial charge on any atom is -0.311 e. The summed E-state index contributed by atoms with van der Waals surface area (Å²) in [5.74, 6) is 0. The predicted molar refractivity (Wildman–Crippen MR) is 58.0 cm³/mol. The Morgan fingerprint density at radius 2 is 2.00 bits per heavy atom. The molecule has 1 atom stereocenters. The van der Waals surface area contributed by atoms with E-state index in [1.165, 1.54) is 38.9 Å². The SMILES string of the molecule is CCC1CN(C(CC)CC)CCN1. The van der Waals surface area contributed by atoms with Crippen LogP contribution in [0.2, 0.25) is 0 Å². The third kappa shape index (κ3) is 2.96. The maximum absolute atomic E-state index is 3.56. The molecule has 78 valence electrons. The zero-order chi connectivity index (χ0) is 9.68. The van der Waals surface area contributed by atoms with Crippen molar-refractivity contribution in [3.63, 3.8) is 0 Å².